The van der Waals surface area contributed by atoms with E-state index in [1.807, 2.05) is 25.5 Å². The summed E-state index contributed by atoms with van der Waals surface area (Å²) < 4.78 is 9.03. The maximum absolute atomic E-state index is 12.5. The Morgan fingerprint density at radius 2 is 2.11 bits per heavy atom. The number of aryl methyl sites for hydroxylation is 1. The van der Waals surface area contributed by atoms with Gasteiger partial charge in [0.1, 0.15) is 11.4 Å². The topological polar surface area (TPSA) is 74.0 Å². The molecule has 0 radical (unpaired) electrons. The molecule has 7 nitrogen and oxygen atoms in total. The highest BCUT2D eigenvalue weighted by Gasteiger charge is 2.17. The lowest BCUT2D eigenvalue weighted by Crippen LogP contribution is -2.27. The number of amides is 1. The lowest BCUT2D eigenvalue weighted by Gasteiger charge is -2.13. The molecule has 148 valence electrons. The second kappa shape index (κ2) is 8.67. The fourth-order valence-corrected chi connectivity index (χ4v) is 3.30. The van der Waals surface area contributed by atoms with E-state index in [0.717, 1.165) is 17.8 Å². The Balaban J connectivity index is 1.61. The van der Waals surface area contributed by atoms with Gasteiger partial charge in [-0.2, -0.15) is 10.2 Å². The molecule has 9 heteroatoms. The molecule has 2 aromatic heterocycles. The highest BCUT2D eigenvalue weighted by molar-refractivity contribution is 6.35. The maximum Gasteiger partial charge on any atom is 0.272 e. The van der Waals surface area contributed by atoms with Crippen molar-refractivity contribution < 1.29 is 9.53 Å². The second-order valence-corrected chi connectivity index (χ2v) is 7.13. The Hall–Kier alpha value is -2.51. The summed E-state index contributed by atoms with van der Waals surface area (Å²) in [6.45, 7) is 6.84. The zero-order chi connectivity index (χ0) is 20.3. The predicted molar refractivity (Wildman–Crippen MR) is 108 cm³/mol. The molecular weight excluding hydrogens is 401 g/mol. The molecule has 3 rings (SSSR count). The number of rotatable bonds is 7. The number of nitrogens with zero attached hydrogens (tertiary/aromatic N) is 4. The van der Waals surface area contributed by atoms with Crippen LogP contribution in [-0.4, -0.2) is 25.5 Å². The Bertz CT molecular complexity index is 983. The van der Waals surface area contributed by atoms with Gasteiger partial charge in [0, 0.05) is 29.0 Å². The summed E-state index contributed by atoms with van der Waals surface area (Å²) in [5, 5.41) is 12.5. The molecule has 1 atom stereocenters. The Kier molecular flexibility index (Phi) is 6.26. The zero-order valence-electron chi connectivity index (χ0n) is 15.8. The van der Waals surface area contributed by atoms with E-state index >= 15 is 0 Å². The fourth-order valence-electron chi connectivity index (χ4n) is 2.84. The predicted octanol–water partition coefficient (Wildman–Crippen LogP) is 4.24. The number of hydrogen-bond acceptors (Lipinski definition) is 4. The van der Waals surface area contributed by atoms with Gasteiger partial charge in [0.2, 0.25) is 0 Å². The van der Waals surface area contributed by atoms with E-state index in [4.69, 9.17) is 27.9 Å². The number of carbonyl (C=O) groups excluding carboxylic acids is 1. The third kappa shape index (κ3) is 4.48. The first-order chi connectivity index (χ1) is 13.4. The van der Waals surface area contributed by atoms with Crippen molar-refractivity contribution in [3.63, 3.8) is 0 Å². The molecule has 0 aliphatic carbocycles. The van der Waals surface area contributed by atoms with Crippen LogP contribution < -0.4 is 10.1 Å². The summed E-state index contributed by atoms with van der Waals surface area (Å²) in [4.78, 5) is 12.5. The van der Waals surface area contributed by atoms with Crippen LogP contribution in [0.15, 0.2) is 36.7 Å². The van der Waals surface area contributed by atoms with Crippen LogP contribution >= 0.6 is 23.2 Å². The molecule has 1 aromatic carbocycles. The number of hydrogen-bond donors (Lipinski definition) is 1. The van der Waals surface area contributed by atoms with Gasteiger partial charge in [-0.25, -0.2) is 4.68 Å². The van der Waals surface area contributed by atoms with Crippen LogP contribution in [0.25, 0.3) is 0 Å². The molecule has 0 bridgehead atoms. The molecule has 0 fully saturated rings. The van der Waals surface area contributed by atoms with Crippen LogP contribution in [0.2, 0.25) is 10.0 Å². The summed E-state index contributed by atoms with van der Waals surface area (Å²) in [7, 11) is 0. The van der Waals surface area contributed by atoms with Gasteiger partial charge in [-0.1, -0.05) is 23.2 Å². The molecule has 0 aliphatic heterocycles. The van der Waals surface area contributed by atoms with Crippen LogP contribution in [0.5, 0.6) is 5.75 Å². The minimum atomic E-state index is -0.264. The second-order valence-electron chi connectivity index (χ2n) is 6.28. The minimum Gasteiger partial charge on any atom is -0.470 e. The highest BCUT2D eigenvalue weighted by Crippen LogP contribution is 2.27. The van der Waals surface area contributed by atoms with Crippen molar-refractivity contribution in [1.82, 2.24) is 24.9 Å². The maximum atomic E-state index is 12.5. The lowest BCUT2D eigenvalue weighted by molar-refractivity contribution is 0.0932. The molecule has 0 spiro atoms. The molecule has 1 N–H and O–H groups in total. The van der Waals surface area contributed by atoms with Gasteiger partial charge in [0.25, 0.3) is 5.91 Å². The molecular formula is C19H21Cl2N5O2. The third-order valence-electron chi connectivity index (χ3n) is 4.37. The van der Waals surface area contributed by atoms with E-state index in [1.54, 1.807) is 36.7 Å². The van der Waals surface area contributed by atoms with Gasteiger partial charge in [0.15, 0.2) is 6.73 Å². The van der Waals surface area contributed by atoms with Crippen LogP contribution in [0, 0.1) is 6.92 Å². The number of ether oxygens (including phenoxy) is 1. The summed E-state index contributed by atoms with van der Waals surface area (Å²) in [6, 6.07) is 6.43. The van der Waals surface area contributed by atoms with Gasteiger partial charge in [-0.05, 0) is 45.0 Å². The standard InChI is InChI=1S/C19H21Cl2N5O2/c1-4-26-13(3)15(10-22-26)12(2)23-19(27)17-7-8-25(24-17)11-28-18-6-5-14(20)9-16(18)21/h5-10,12H,4,11H2,1-3H3,(H,23,27). The molecule has 0 saturated carbocycles. The van der Waals surface area contributed by atoms with Gasteiger partial charge >= 0.3 is 0 Å². The van der Waals surface area contributed by atoms with Crippen LogP contribution in [0.1, 0.15) is 41.6 Å². The Morgan fingerprint density at radius 3 is 2.79 bits per heavy atom. The van der Waals surface area contributed by atoms with Crippen LogP contribution in [0.3, 0.4) is 0 Å². The van der Waals surface area contributed by atoms with Crippen LogP contribution in [-0.2, 0) is 13.3 Å². The van der Waals surface area contributed by atoms with Crippen molar-refractivity contribution in [3.05, 3.63) is 63.7 Å². The number of carbonyl (C=O) groups is 1. The van der Waals surface area contributed by atoms with Crippen molar-refractivity contribution in [2.24, 2.45) is 0 Å². The number of nitrogens with one attached hydrogen (secondary N) is 1. The van der Waals surface area contributed by atoms with E-state index in [9.17, 15) is 4.79 Å². The Labute approximate surface area is 173 Å². The largest absolute Gasteiger partial charge is 0.470 e. The van der Waals surface area contributed by atoms with Gasteiger partial charge < -0.3 is 10.1 Å². The third-order valence-corrected chi connectivity index (χ3v) is 4.90. The normalized spacial score (nSPS) is 12.0. The summed E-state index contributed by atoms with van der Waals surface area (Å²) in [6.07, 6.45) is 3.45. The number of benzene rings is 1. The molecule has 3 aromatic rings. The van der Waals surface area contributed by atoms with Crippen LogP contribution in [0.4, 0.5) is 0 Å². The number of aromatic nitrogens is 4. The van der Waals surface area contributed by atoms with Gasteiger partial charge in [-0.15, -0.1) is 0 Å². The molecule has 1 amide bonds. The lowest BCUT2D eigenvalue weighted by atomic mass is 10.1. The van der Waals surface area contributed by atoms with Crippen molar-refractivity contribution in [3.8, 4) is 5.75 Å². The Morgan fingerprint density at radius 1 is 1.32 bits per heavy atom. The molecule has 1 unspecified atom stereocenters. The summed E-state index contributed by atoms with van der Waals surface area (Å²) in [5.74, 6) is 0.226. The zero-order valence-corrected chi connectivity index (χ0v) is 17.3. The minimum absolute atomic E-state index is 0.118. The molecule has 28 heavy (non-hydrogen) atoms. The number of halogens is 2. The van der Waals surface area contributed by atoms with E-state index in [-0.39, 0.29) is 18.7 Å². The monoisotopic (exact) mass is 421 g/mol. The average Bonchev–Trinajstić information content (AvgIpc) is 3.27. The molecule has 0 saturated heterocycles. The first-order valence-electron chi connectivity index (χ1n) is 8.83. The van der Waals surface area contributed by atoms with E-state index < -0.39 is 0 Å². The molecule has 2 heterocycles. The van der Waals surface area contributed by atoms with E-state index in [1.165, 1.54) is 4.68 Å². The van der Waals surface area contributed by atoms with Crippen molar-refractivity contribution in [1.29, 1.82) is 0 Å². The highest BCUT2D eigenvalue weighted by atomic mass is 35.5. The average molecular weight is 422 g/mol. The van der Waals surface area contributed by atoms with Crippen molar-refractivity contribution >= 4 is 29.1 Å². The smallest absolute Gasteiger partial charge is 0.272 e. The van der Waals surface area contributed by atoms with Gasteiger partial charge in [0.05, 0.1) is 17.3 Å². The summed E-state index contributed by atoms with van der Waals surface area (Å²) >= 11 is 12.0. The van der Waals surface area contributed by atoms with E-state index in [2.05, 4.69) is 15.5 Å². The van der Waals surface area contributed by atoms with Crippen molar-refractivity contribution in [2.45, 2.75) is 40.1 Å². The van der Waals surface area contributed by atoms with Gasteiger partial charge in [-0.3, -0.25) is 9.48 Å². The first-order valence-corrected chi connectivity index (χ1v) is 9.59. The van der Waals surface area contributed by atoms with Crippen molar-refractivity contribution in [2.75, 3.05) is 0 Å². The molecule has 0 aliphatic rings. The summed E-state index contributed by atoms with van der Waals surface area (Å²) in [5.41, 5.74) is 2.32. The van der Waals surface area contributed by atoms with E-state index in [0.29, 0.717) is 21.5 Å². The fraction of sp³-hybridized carbons (Fsp3) is 0.316. The first kappa shape index (κ1) is 20.2. The quantitative estimate of drug-likeness (QED) is 0.618. The SMILES string of the molecule is CCn1ncc(C(C)NC(=O)c2ccn(COc3ccc(Cl)cc3Cl)n2)c1C.